The molecule has 0 radical (unpaired) electrons. The Balaban J connectivity index is 1.73. The zero-order valence-electron chi connectivity index (χ0n) is 10.5. The molecular formula is C11H19N5O2. The first kappa shape index (κ1) is 13.0. The highest BCUT2D eigenvalue weighted by molar-refractivity contribution is 5.76. The molecule has 1 saturated carbocycles. The Labute approximate surface area is 106 Å². The summed E-state index contributed by atoms with van der Waals surface area (Å²) >= 11 is 0. The molecule has 1 aliphatic rings. The van der Waals surface area contributed by atoms with E-state index in [9.17, 15) is 4.79 Å². The van der Waals surface area contributed by atoms with Crippen LogP contribution in [-0.2, 0) is 16.1 Å². The van der Waals surface area contributed by atoms with Gasteiger partial charge in [0.15, 0.2) is 0 Å². The molecular weight excluding hydrogens is 234 g/mol. The first-order valence-corrected chi connectivity index (χ1v) is 6.21. The normalized spacial score (nSPS) is 26.7. The van der Waals surface area contributed by atoms with E-state index in [1.807, 2.05) is 6.92 Å². The molecule has 0 aromatic carbocycles. The predicted molar refractivity (Wildman–Crippen MR) is 64.6 cm³/mol. The van der Waals surface area contributed by atoms with Crippen LogP contribution in [0.5, 0.6) is 0 Å². The number of aromatic nitrogens is 3. The molecule has 1 fully saturated rings. The number of nitrogens with two attached hydrogens (primary N) is 1. The molecule has 3 atom stereocenters. The van der Waals surface area contributed by atoms with Crippen LogP contribution in [-0.4, -0.2) is 45.7 Å². The minimum atomic E-state index is -0.0619. The van der Waals surface area contributed by atoms with Gasteiger partial charge in [0.2, 0.25) is 5.91 Å². The number of nitrogens with one attached hydrogen (secondary N) is 1. The molecule has 18 heavy (non-hydrogen) atoms. The molecule has 1 aromatic heterocycles. The average molecular weight is 253 g/mol. The number of carbonyl (C=O) groups excluding carboxylic acids is 1. The second-order valence-corrected chi connectivity index (χ2v) is 4.40. The first-order chi connectivity index (χ1) is 8.70. The Kier molecular flexibility index (Phi) is 4.27. The number of aryl methyl sites for hydroxylation is 1. The summed E-state index contributed by atoms with van der Waals surface area (Å²) in [6.07, 6.45) is 4.55. The molecule has 2 rings (SSSR count). The summed E-state index contributed by atoms with van der Waals surface area (Å²) in [5, 5.41) is 10.4. The molecule has 0 aliphatic heterocycles. The third-order valence-corrected chi connectivity index (χ3v) is 3.11. The minimum absolute atomic E-state index is 0.00290. The van der Waals surface area contributed by atoms with E-state index in [4.69, 9.17) is 10.5 Å². The third kappa shape index (κ3) is 3.05. The molecule has 0 bridgehead atoms. The standard InChI is InChI=1S/C11H19N5O2/c1-2-18-9-7-8(12)11(9)14-10(17)3-5-16-6-4-13-15-16/h4,6,8-9,11H,2-3,5,7,12H2,1H3,(H,14,17). The number of amides is 1. The van der Waals surface area contributed by atoms with Crippen molar-refractivity contribution in [2.24, 2.45) is 5.73 Å². The summed E-state index contributed by atoms with van der Waals surface area (Å²) in [6.45, 7) is 3.10. The quantitative estimate of drug-likeness (QED) is 0.698. The predicted octanol–water partition coefficient (Wildman–Crippen LogP) is -0.711. The Hall–Kier alpha value is -1.47. The van der Waals surface area contributed by atoms with Crippen LogP contribution in [0.3, 0.4) is 0 Å². The van der Waals surface area contributed by atoms with Gasteiger partial charge in [0.1, 0.15) is 0 Å². The van der Waals surface area contributed by atoms with E-state index in [2.05, 4.69) is 15.6 Å². The molecule has 100 valence electrons. The van der Waals surface area contributed by atoms with Crippen molar-refractivity contribution in [2.75, 3.05) is 6.61 Å². The van der Waals surface area contributed by atoms with E-state index < -0.39 is 0 Å². The molecule has 1 aliphatic carbocycles. The van der Waals surface area contributed by atoms with Gasteiger partial charge in [0.05, 0.1) is 24.9 Å². The summed E-state index contributed by atoms with van der Waals surface area (Å²) in [6, 6.07) is -0.0648. The van der Waals surface area contributed by atoms with Crippen LogP contribution in [0.15, 0.2) is 12.4 Å². The lowest BCUT2D eigenvalue weighted by Crippen LogP contribution is -2.64. The number of ether oxygens (including phenoxy) is 1. The highest BCUT2D eigenvalue weighted by atomic mass is 16.5. The SMILES string of the molecule is CCOC1CC(N)C1NC(=O)CCn1ccnn1. The fourth-order valence-electron chi connectivity index (χ4n) is 2.05. The third-order valence-electron chi connectivity index (χ3n) is 3.11. The number of nitrogens with zero attached hydrogens (tertiary/aromatic N) is 3. The minimum Gasteiger partial charge on any atom is -0.376 e. The van der Waals surface area contributed by atoms with Crippen molar-refractivity contribution in [3.05, 3.63) is 12.4 Å². The fraction of sp³-hybridized carbons (Fsp3) is 0.727. The fourth-order valence-corrected chi connectivity index (χ4v) is 2.05. The van der Waals surface area contributed by atoms with Gasteiger partial charge in [0.25, 0.3) is 0 Å². The number of rotatable bonds is 6. The Bertz CT molecular complexity index is 379. The lowest BCUT2D eigenvalue weighted by Gasteiger charge is -2.42. The van der Waals surface area contributed by atoms with Crippen LogP contribution < -0.4 is 11.1 Å². The molecule has 1 amide bonds. The van der Waals surface area contributed by atoms with Crippen LogP contribution in [0.2, 0.25) is 0 Å². The van der Waals surface area contributed by atoms with Crippen molar-refractivity contribution in [1.82, 2.24) is 20.3 Å². The highest BCUT2D eigenvalue weighted by Crippen LogP contribution is 2.22. The monoisotopic (exact) mass is 253 g/mol. The van der Waals surface area contributed by atoms with Crippen LogP contribution >= 0.6 is 0 Å². The number of hydrogen-bond donors (Lipinski definition) is 2. The smallest absolute Gasteiger partial charge is 0.222 e. The number of hydrogen-bond acceptors (Lipinski definition) is 5. The molecule has 3 N–H and O–H groups in total. The summed E-state index contributed by atoms with van der Waals surface area (Å²) in [7, 11) is 0. The van der Waals surface area contributed by atoms with Gasteiger partial charge in [-0.05, 0) is 13.3 Å². The van der Waals surface area contributed by atoms with Gasteiger partial charge in [-0.15, -0.1) is 5.10 Å². The van der Waals surface area contributed by atoms with Gasteiger partial charge in [-0.2, -0.15) is 0 Å². The van der Waals surface area contributed by atoms with E-state index in [0.717, 1.165) is 6.42 Å². The second kappa shape index (κ2) is 5.92. The van der Waals surface area contributed by atoms with E-state index in [1.165, 1.54) is 0 Å². The van der Waals surface area contributed by atoms with Crippen molar-refractivity contribution < 1.29 is 9.53 Å². The maximum absolute atomic E-state index is 11.8. The van der Waals surface area contributed by atoms with Crippen molar-refractivity contribution in [2.45, 2.75) is 44.5 Å². The Morgan fingerprint density at radius 1 is 1.67 bits per heavy atom. The molecule has 3 unspecified atom stereocenters. The lowest BCUT2D eigenvalue weighted by molar-refractivity contribution is -0.126. The van der Waals surface area contributed by atoms with Crippen molar-refractivity contribution in [3.8, 4) is 0 Å². The highest BCUT2D eigenvalue weighted by Gasteiger charge is 2.40. The topological polar surface area (TPSA) is 95.1 Å². The van der Waals surface area contributed by atoms with Gasteiger partial charge < -0.3 is 15.8 Å². The molecule has 1 aromatic rings. The lowest BCUT2D eigenvalue weighted by atomic mass is 9.83. The largest absolute Gasteiger partial charge is 0.376 e. The molecule has 0 saturated heterocycles. The van der Waals surface area contributed by atoms with E-state index in [-0.39, 0.29) is 24.1 Å². The maximum atomic E-state index is 11.8. The summed E-state index contributed by atoms with van der Waals surface area (Å²) in [5.74, 6) is -0.0321. The average Bonchev–Trinajstić information content (AvgIpc) is 2.86. The van der Waals surface area contributed by atoms with Crippen molar-refractivity contribution in [1.29, 1.82) is 0 Å². The van der Waals surface area contributed by atoms with Crippen LogP contribution in [0.1, 0.15) is 19.8 Å². The van der Waals surface area contributed by atoms with E-state index >= 15 is 0 Å². The van der Waals surface area contributed by atoms with Gasteiger partial charge in [0, 0.05) is 25.3 Å². The molecule has 7 nitrogen and oxygen atoms in total. The summed E-state index contributed by atoms with van der Waals surface area (Å²) < 4.78 is 7.12. The van der Waals surface area contributed by atoms with E-state index in [1.54, 1.807) is 17.1 Å². The molecule has 1 heterocycles. The zero-order chi connectivity index (χ0) is 13.0. The van der Waals surface area contributed by atoms with E-state index in [0.29, 0.717) is 19.6 Å². The van der Waals surface area contributed by atoms with Gasteiger partial charge >= 0.3 is 0 Å². The summed E-state index contributed by atoms with van der Waals surface area (Å²) in [5.41, 5.74) is 5.86. The molecule has 7 heteroatoms. The van der Waals surface area contributed by atoms with Gasteiger partial charge in [-0.3, -0.25) is 9.48 Å². The van der Waals surface area contributed by atoms with Crippen LogP contribution in [0, 0.1) is 0 Å². The van der Waals surface area contributed by atoms with Crippen molar-refractivity contribution >= 4 is 5.91 Å². The Morgan fingerprint density at radius 2 is 2.50 bits per heavy atom. The summed E-state index contributed by atoms with van der Waals surface area (Å²) in [4.78, 5) is 11.8. The van der Waals surface area contributed by atoms with Crippen LogP contribution in [0.25, 0.3) is 0 Å². The van der Waals surface area contributed by atoms with Gasteiger partial charge in [-0.25, -0.2) is 0 Å². The zero-order valence-corrected chi connectivity index (χ0v) is 10.5. The van der Waals surface area contributed by atoms with Crippen LogP contribution in [0.4, 0.5) is 0 Å². The molecule has 0 spiro atoms. The second-order valence-electron chi connectivity index (χ2n) is 4.40. The first-order valence-electron chi connectivity index (χ1n) is 6.21. The Morgan fingerprint density at radius 3 is 3.11 bits per heavy atom. The number of carbonyl (C=O) groups is 1. The van der Waals surface area contributed by atoms with Gasteiger partial charge in [-0.1, -0.05) is 5.21 Å². The van der Waals surface area contributed by atoms with Crippen molar-refractivity contribution in [3.63, 3.8) is 0 Å². The maximum Gasteiger partial charge on any atom is 0.222 e.